The van der Waals surface area contributed by atoms with E-state index in [1.54, 1.807) is 50.5 Å². The molecule has 0 aromatic carbocycles. The molecule has 1 fully saturated rings. The van der Waals surface area contributed by atoms with E-state index in [-0.39, 0.29) is 29.8 Å². The van der Waals surface area contributed by atoms with Gasteiger partial charge in [0, 0.05) is 25.0 Å². The largest absolute Gasteiger partial charge is 0.465 e. The Morgan fingerprint density at radius 1 is 1.14 bits per heavy atom. The summed E-state index contributed by atoms with van der Waals surface area (Å²) in [7, 11) is 1.59. The number of rotatable bonds is 21. The van der Waals surface area contributed by atoms with E-state index in [1.807, 2.05) is 25.2 Å². The summed E-state index contributed by atoms with van der Waals surface area (Å²) < 4.78 is 10.6. The maximum Gasteiger partial charge on any atom is 0.328 e. The first-order valence-corrected chi connectivity index (χ1v) is 16.3. The minimum absolute atomic E-state index is 0.00767. The molecule has 0 radical (unpaired) electrons. The van der Waals surface area contributed by atoms with Crippen LogP contribution in [0.1, 0.15) is 66.2 Å². The number of carbonyl (C=O) groups is 3. The SMILES string of the molecule is C=C/C(=C\C=C/C)CCC(NC(C)C(=O)N(C)C(CC1(C)SCCS1)C(=O)OCCCCCO[N+](=O)[O-])C(=O)OCC. The number of likely N-dealkylation sites (N-methyl/N-ethyl adjacent to an activating group) is 1. The molecule has 0 aromatic rings. The van der Waals surface area contributed by atoms with E-state index in [0.717, 1.165) is 17.1 Å². The molecule has 13 heteroatoms. The van der Waals surface area contributed by atoms with Crippen molar-refractivity contribution >= 4 is 41.4 Å². The first kappa shape index (κ1) is 37.5. The maximum atomic E-state index is 13.6. The van der Waals surface area contributed by atoms with Crippen molar-refractivity contribution in [3.63, 3.8) is 0 Å². The molecule has 1 aliphatic heterocycles. The number of amides is 1. The lowest BCUT2D eigenvalue weighted by Crippen LogP contribution is -2.54. The standard InChI is InChI=1S/C29H47N3O8S2/c1-7-10-14-23(8-2)15-16-24(27(34)38-9-3)30-22(4)26(33)31(6)25(21-29(5)41-19-20-42-29)28(35)39-17-12-11-13-18-40-32(36)37/h7-8,10,14,22,24-25,30H,2,9,11-13,15-21H2,1,3-6H3/b10-7-,23-14+. The van der Waals surface area contributed by atoms with Crippen LogP contribution in [0.2, 0.25) is 0 Å². The molecule has 0 aromatic heterocycles. The number of nitrogens with one attached hydrogen (secondary N) is 1. The van der Waals surface area contributed by atoms with E-state index in [2.05, 4.69) is 23.7 Å². The summed E-state index contributed by atoms with van der Waals surface area (Å²) in [6, 6.07) is -2.32. The first-order chi connectivity index (χ1) is 20.0. The minimum atomic E-state index is -0.831. The molecule has 0 bridgehead atoms. The Hall–Kier alpha value is -2.51. The highest BCUT2D eigenvalue weighted by Gasteiger charge is 2.40. The van der Waals surface area contributed by atoms with Crippen LogP contribution in [0.15, 0.2) is 36.5 Å². The van der Waals surface area contributed by atoms with Crippen molar-refractivity contribution in [2.45, 2.75) is 88.4 Å². The van der Waals surface area contributed by atoms with Crippen molar-refractivity contribution in [1.29, 1.82) is 0 Å². The van der Waals surface area contributed by atoms with Gasteiger partial charge >= 0.3 is 11.9 Å². The van der Waals surface area contributed by atoms with Gasteiger partial charge in [0.15, 0.2) is 0 Å². The molecule has 1 saturated heterocycles. The molecule has 42 heavy (non-hydrogen) atoms. The third-order valence-corrected chi connectivity index (χ3v) is 10.00. The Labute approximate surface area is 258 Å². The van der Waals surface area contributed by atoms with Gasteiger partial charge in [0.05, 0.1) is 29.9 Å². The molecule has 0 spiro atoms. The van der Waals surface area contributed by atoms with Crippen LogP contribution in [0, 0.1) is 10.1 Å². The highest BCUT2D eigenvalue weighted by atomic mass is 32.2. The number of allylic oxidation sites excluding steroid dienone is 5. The fourth-order valence-corrected chi connectivity index (χ4v) is 7.24. The van der Waals surface area contributed by atoms with Gasteiger partial charge in [-0.3, -0.25) is 14.9 Å². The van der Waals surface area contributed by atoms with Gasteiger partial charge in [-0.2, -0.15) is 0 Å². The molecule has 3 unspecified atom stereocenters. The van der Waals surface area contributed by atoms with Gasteiger partial charge in [-0.15, -0.1) is 33.6 Å². The highest BCUT2D eigenvalue weighted by Crippen LogP contribution is 2.47. The second-order valence-electron chi connectivity index (χ2n) is 9.99. The predicted octanol–water partition coefficient (Wildman–Crippen LogP) is 4.70. The summed E-state index contributed by atoms with van der Waals surface area (Å²) in [5.41, 5.74) is 0.952. The average Bonchev–Trinajstić information content (AvgIpc) is 3.39. The number of carbonyl (C=O) groups excluding carboxylic acids is 3. The van der Waals surface area contributed by atoms with Crippen LogP contribution in [0.3, 0.4) is 0 Å². The van der Waals surface area contributed by atoms with Crippen LogP contribution in [0.4, 0.5) is 0 Å². The van der Waals surface area contributed by atoms with Crippen molar-refractivity contribution in [2.75, 3.05) is 38.4 Å². The second-order valence-corrected chi connectivity index (χ2v) is 13.4. The zero-order valence-electron chi connectivity index (χ0n) is 25.5. The summed E-state index contributed by atoms with van der Waals surface area (Å²) in [4.78, 5) is 55.6. The normalized spacial score (nSPS) is 16.8. The summed E-state index contributed by atoms with van der Waals surface area (Å²) in [6.07, 6.45) is 10.4. The Morgan fingerprint density at radius 3 is 2.40 bits per heavy atom. The van der Waals surface area contributed by atoms with Gasteiger partial charge < -0.3 is 19.2 Å². The van der Waals surface area contributed by atoms with E-state index in [9.17, 15) is 24.5 Å². The molecule has 1 heterocycles. The van der Waals surface area contributed by atoms with Crippen LogP contribution in [0.5, 0.6) is 0 Å². The third kappa shape index (κ3) is 14.1. The second kappa shape index (κ2) is 20.4. The number of esters is 2. The monoisotopic (exact) mass is 629 g/mol. The quantitative estimate of drug-likeness (QED) is 0.0622. The topological polar surface area (TPSA) is 137 Å². The number of hydrogen-bond acceptors (Lipinski definition) is 11. The fraction of sp³-hybridized carbons (Fsp3) is 0.690. The molecule has 0 saturated carbocycles. The van der Waals surface area contributed by atoms with Crippen molar-refractivity contribution in [1.82, 2.24) is 10.2 Å². The Balaban J connectivity index is 2.93. The van der Waals surface area contributed by atoms with Crippen LogP contribution in [-0.4, -0.2) is 88.4 Å². The van der Waals surface area contributed by atoms with Gasteiger partial charge in [0.2, 0.25) is 5.91 Å². The van der Waals surface area contributed by atoms with Gasteiger partial charge in [-0.25, -0.2) is 4.79 Å². The fourth-order valence-electron chi connectivity index (χ4n) is 4.32. The van der Waals surface area contributed by atoms with Crippen LogP contribution < -0.4 is 5.32 Å². The maximum absolute atomic E-state index is 13.6. The summed E-state index contributed by atoms with van der Waals surface area (Å²) in [6.45, 7) is 11.6. The lowest BCUT2D eigenvalue weighted by molar-refractivity contribution is -0.757. The Morgan fingerprint density at radius 2 is 1.81 bits per heavy atom. The van der Waals surface area contributed by atoms with Crippen molar-refractivity contribution in [2.24, 2.45) is 0 Å². The van der Waals surface area contributed by atoms with Crippen molar-refractivity contribution in [3.05, 3.63) is 46.6 Å². The lowest BCUT2D eigenvalue weighted by atomic mass is 10.0. The zero-order chi connectivity index (χ0) is 31.5. The molecule has 1 amide bonds. The molecule has 1 N–H and O–H groups in total. The Kier molecular flexibility index (Phi) is 18.2. The van der Waals surface area contributed by atoms with E-state index >= 15 is 0 Å². The third-order valence-electron chi connectivity index (χ3n) is 6.66. The number of thioether (sulfide) groups is 2. The molecular weight excluding hydrogens is 582 g/mol. The van der Waals surface area contributed by atoms with E-state index in [1.165, 1.54) is 4.90 Å². The number of ether oxygens (including phenoxy) is 2. The molecule has 11 nitrogen and oxygen atoms in total. The van der Waals surface area contributed by atoms with Gasteiger partial charge in [-0.05, 0) is 65.4 Å². The molecule has 238 valence electrons. The number of nitrogens with zero attached hydrogens (tertiary/aromatic N) is 2. The first-order valence-electron chi connectivity index (χ1n) is 14.3. The summed E-state index contributed by atoms with van der Waals surface area (Å²) in [5.74, 6) is 0.636. The van der Waals surface area contributed by atoms with Crippen LogP contribution in [0.25, 0.3) is 0 Å². The van der Waals surface area contributed by atoms with E-state index in [4.69, 9.17) is 9.47 Å². The minimum Gasteiger partial charge on any atom is -0.465 e. The lowest BCUT2D eigenvalue weighted by Gasteiger charge is -2.34. The van der Waals surface area contributed by atoms with Gasteiger partial charge in [0.25, 0.3) is 5.09 Å². The molecular formula is C29H47N3O8S2. The van der Waals surface area contributed by atoms with Crippen molar-refractivity contribution in [3.8, 4) is 0 Å². The Bertz CT molecular complexity index is 953. The van der Waals surface area contributed by atoms with E-state index < -0.39 is 35.2 Å². The number of hydrogen-bond donors (Lipinski definition) is 1. The smallest absolute Gasteiger partial charge is 0.328 e. The molecule has 1 rings (SSSR count). The van der Waals surface area contributed by atoms with Crippen LogP contribution in [-0.2, 0) is 28.7 Å². The van der Waals surface area contributed by atoms with E-state index in [0.29, 0.717) is 38.5 Å². The summed E-state index contributed by atoms with van der Waals surface area (Å²) in [5, 5.41) is 12.6. The van der Waals surface area contributed by atoms with Gasteiger partial charge in [0.1, 0.15) is 12.1 Å². The zero-order valence-corrected chi connectivity index (χ0v) is 27.1. The molecule has 1 aliphatic rings. The predicted molar refractivity (Wildman–Crippen MR) is 168 cm³/mol. The summed E-state index contributed by atoms with van der Waals surface area (Å²) >= 11 is 3.52. The molecule has 0 aliphatic carbocycles. The average molecular weight is 630 g/mol. The van der Waals surface area contributed by atoms with Gasteiger partial charge in [-0.1, -0.05) is 30.9 Å². The number of unbranched alkanes of at least 4 members (excludes halogenated alkanes) is 2. The van der Waals surface area contributed by atoms with Crippen molar-refractivity contribution < 1.29 is 33.8 Å². The van der Waals surface area contributed by atoms with Crippen LogP contribution >= 0.6 is 23.5 Å². The highest BCUT2D eigenvalue weighted by molar-refractivity contribution is 8.21. The molecule has 3 atom stereocenters.